The van der Waals surface area contributed by atoms with Gasteiger partial charge in [-0.15, -0.1) is 0 Å². The van der Waals surface area contributed by atoms with Crippen LogP contribution in [0.4, 0.5) is 0 Å². The number of nitrogens with one attached hydrogen (secondary N) is 1. The van der Waals surface area contributed by atoms with Crippen molar-refractivity contribution >= 4 is 21.6 Å². The van der Waals surface area contributed by atoms with Crippen LogP contribution in [-0.2, 0) is 23.6 Å². The van der Waals surface area contributed by atoms with Gasteiger partial charge in [0.1, 0.15) is 4.90 Å². The van der Waals surface area contributed by atoms with Crippen LogP contribution >= 0.6 is 11.6 Å². The van der Waals surface area contributed by atoms with Crippen molar-refractivity contribution in [1.29, 1.82) is 0 Å². The van der Waals surface area contributed by atoms with Crippen LogP contribution in [0.25, 0.3) is 11.4 Å². The topological polar surface area (TPSA) is 76.9 Å². The van der Waals surface area contributed by atoms with Crippen LogP contribution in [0.1, 0.15) is 5.69 Å². The Hall–Kier alpha value is -2.22. The van der Waals surface area contributed by atoms with Gasteiger partial charge < -0.3 is 0 Å². The molecule has 0 saturated heterocycles. The molecule has 0 radical (unpaired) electrons. The highest BCUT2D eigenvalue weighted by molar-refractivity contribution is 7.89. The predicted octanol–water partition coefficient (Wildman–Crippen LogP) is 2.61. The number of sulfonamides is 1. The van der Waals surface area contributed by atoms with Gasteiger partial charge in [0, 0.05) is 13.2 Å². The summed E-state index contributed by atoms with van der Waals surface area (Å²) >= 11 is 5.95. The molecule has 0 aliphatic carbocycles. The fourth-order valence-electron chi connectivity index (χ4n) is 2.28. The lowest BCUT2D eigenvalue weighted by molar-refractivity contribution is 0.579. The number of hydrogen-bond acceptors (Lipinski definition) is 4. The Kier molecular flexibility index (Phi) is 4.66. The maximum absolute atomic E-state index is 12.3. The van der Waals surface area contributed by atoms with Gasteiger partial charge in [-0.25, -0.2) is 13.1 Å². The van der Waals surface area contributed by atoms with E-state index in [2.05, 4.69) is 14.8 Å². The van der Waals surface area contributed by atoms with Crippen molar-refractivity contribution < 1.29 is 8.42 Å². The van der Waals surface area contributed by atoms with Crippen LogP contribution in [0.5, 0.6) is 0 Å². The van der Waals surface area contributed by atoms with Crippen LogP contribution in [0.15, 0.2) is 59.6 Å². The zero-order valence-electron chi connectivity index (χ0n) is 12.8. The second-order valence-corrected chi connectivity index (χ2v) is 7.26. The lowest BCUT2D eigenvalue weighted by Crippen LogP contribution is -2.23. The average molecular weight is 363 g/mol. The lowest BCUT2D eigenvalue weighted by atomic mass is 10.2. The Morgan fingerprint density at radius 2 is 1.92 bits per heavy atom. The third kappa shape index (κ3) is 3.48. The SMILES string of the molecule is Cn1nc(CNS(=O)(=O)c2ccccc2Cl)cc1-c1ccccn1. The van der Waals surface area contributed by atoms with Gasteiger partial charge in [0.25, 0.3) is 0 Å². The number of benzene rings is 1. The van der Waals surface area contributed by atoms with Crippen molar-refractivity contribution in [2.75, 3.05) is 0 Å². The number of aromatic nitrogens is 3. The minimum absolute atomic E-state index is 0.0487. The quantitative estimate of drug-likeness (QED) is 0.756. The zero-order chi connectivity index (χ0) is 17.2. The molecule has 124 valence electrons. The number of halogens is 1. The second kappa shape index (κ2) is 6.72. The fourth-order valence-corrected chi connectivity index (χ4v) is 3.79. The maximum Gasteiger partial charge on any atom is 0.242 e. The molecule has 0 bridgehead atoms. The van der Waals surface area contributed by atoms with Crippen LogP contribution in [-0.4, -0.2) is 23.2 Å². The van der Waals surface area contributed by atoms with Crippen LogP contribution in [0.2, 0.25) is 5.02 Å². The van der Waals surface area contributed by atoms with Crippen molar-refractivity contribution in [3.63, 3.8) is 0 Å². The first kappa shape index (κ1) is 16.6. The average Bonchev–Trinajstić information content (AvgIpc) is 2.95. The first-order chi connectivity index (χ1) is 11.5. The van der Waals surface area contributed by atoms with Gasteiger partial charge in [0.2, 0.25) is 10.0 Å². The summed E-state index contributed by atoms with van der Waals surface area (Å²) in [6.07, 6.45) is 1.70. The van der Waals surface area contributed by atoms with Gasteiger partial charge in [-0.2, -0.15) is 5.10 Å². The van der Waals surface area contributed by atoms with Gasteiger partial charge in [-0.3, -0.25) is 9.67 Å². The summed E-state index contributed by atoms with van der Waals surface area (Å²) in [5.41, 5.74) is 2.17. The Bertz CT molecular complexity index is 955. The number of hydrogen-bond donors (Lipinski definition) is 1. The molecule has 1 N–H and O–H groups in total. The predicted molar refractivity (Wildman–Crippen MR) is 91.9 cm³/mol. The summed E-state index contributed by atoms with van der Waals surface area (Å²) in [4.78, 5) is 4.32. The summed E-state index contributed by atoms with van der Waals surface area (Å²) in [6.45, 7) is 0.0637. The summed E-state index contributed by atoms with van der Waals surface area (Å²) in [5.74, 6) is 0. The van der Waals surface area contributed by atoms with Crippen LogP contribution < -0.4 is 4.72 Å². The highest BCUT2D eigenvalue weighted by atomic mass is 35.5. The molecular weight excluding hydrogens is 348 g/mol. The molecular formula is C16H15ClN4O2S. The van der Waals surface area contributed by atoms with E-state index in [1.54, 1.807) is 36.1 Å². The summed E-state index contributed by atoms with van der Waals surface area (Å²) in [6, 6.07) is 13.7. The molecule has 2 aromatic heterocycles. The molecule has 0 unspecified atom stereocenters. The van der Waals surface area contributed by atoms with Crippen molar-refractivity contribution in [2.45, 2.75) is 11.4 Å². The van der Waals surface area contributed by atoms with Gasteiger partial charge in [-0.05, 0) is 30.3 Å². The molecule has 1 aromatic carbocycles. The fraction of sp³-hybridized carbons (Fsp3) is 0.125. The minimum atomic E-state index is -3.70. The summed E-state index contributed by atoms with van der Waals surface area (Å²) < 4.78 is 28.9. The monoisotopic (exact) mass is 362 g/mol. The molecule has 0 amide bonds. The van der Waals surface area contributed by atoms with E-state index in [0.717, 1.165) is 11.4 Å². The summed E-state index contributed by atoms with van der Waals surface area (Å²) in [5, 5.41) is 4.50. The lowest BCUT2D eigenvalue weighted by Gasteiger charge is -2.06. The molecule has 0 aliphatic heterocycles. The third-order valence-electron chi connectivity index (χ3n) is 3.43. The van der Waals surface area contributed by atoms with Gasteiger partial charge in [0.15, 0.2) is 0 Å². The van der Waals surface area contributed by atoms with Crippen molar-refractivity contribution in [2.24, 2.45) is 7.05 Å². The third-order valence-corrected chi connectivity index (χ3v) is 5.33. The van der Waals surface area contributed by atoms with Gasteiger partial charge >= 0.3 is 0 Å². The van der Waals surface area contributed by atoms with Gasteiger partial charge in [-0.1, -0.05) is 29.8 Å². The molecule has 0 aliphatic rings. The zero-order valence-corrected chi connectivity index (χ0v) is 14.4. The molecule has 2 heterocycles. The number of aryl methyl sites for hydroxylation is 1. The maximum atomic E-state index is 12.3. The van der Waals surface area contributed by atoms with Gasteiger partial charge in [0.05, 0.1) is 28.6 Å². The Morgan fingerprint density at radius 1 is 1.17 bits per heavy atom. The molecule has 24 heavy (non-hydrogen) atoms. The van der Waals surface area contributed by atoms with E-state index in [9.17, 15) is 8.42 Å². The normalized spacial score (nSPS) is 11.6. The van der Waals surface area contributed by atoms with E-state index in [1.807, 2.05) is 18.2 Å². The first-order valence-corrected chi connectivity index (χ1v) is 9.02. The molecule has 6 nitrogen and oxygen atoms in total. The van der Waals surface area contributed by atoms with Crippen LogP contribution in [0, 0.1) is 0 Å². The van der Waals surface area contributed by atoms with E-state index in [4.69, 9.17) is 11.6 Å². The number of rotatable bonds is 5. The van der Waals surface area contributed by atoms with E-state index >= 15 is 0 Å². The highest BCUT2D eigenvalue weighted by Crippen LogP contribution is 2.21. The largest absolute Gasteiger partial charge is 0.266 e. The smallest absolute Gasteiger partial charge is 0.242 e. The Labute approximate surface area is 145 Å². The standard InChI is InChI=1S/C16H15ClN4O2S/c1-21-15(14-7-4-5-9-18-14)10-12(20-21)11-19-24(22,23)16-8-3-2-6-13(16)17/h2-10,19H,11H2,1H3. The molecule has 8 heteroatoms. The molecule has 3 rings (SSSR count). The second-order valence-electron chi connectivity index (χ2n) is 5.11. The minimum Gasteiger partial charge on any atom is -0.266 e. The number of nitrogens with zero attached hydrogens (tertiary/aromatic N) is 3. The Balaban J connectivity index is 1.80. The van der Waals surface area contributed by atoms with E-state index in [1.165, 1.54) is 12.1 Å². The van der Waals surface area contributed by atoms with E-state index in [-0.39, 0.29) is 16.5 Å². The molecule has 0 saturated carbocycles. The van der Waals surface area contributed by atoms with E-state index < -0.39 is 10.0 Å². The highest BCUT2D eigenvalue weighted by Gasteiger charge is 2.18. The molecule has 0 spiro atoms. The van der Waals surface area contributed by atoms with Crippen LogP contribution in [0.3, 0.4) is 0 Å². The van der Waals surface area contributed by atoms with Crippen molar-refractivity contribution in [3.05, 3.63) is 65.4 Å². The molecule has 0 atom stereocenters. The first-order valence-electron chi connectivity index (χ1n) is 7.16. The number of pyridine rings is 1. The summed E-state index contributed by atoms with van der Waals surface area (Å²) in [7, 11) is -1.92. The molecule has 3 aromatic rings. The van der Waals surface area contributed by atoms with E-state index in [0.29, 0.717) is 5.69 Å². The molecule has 0 fully saturated rings. The Morgan fingerprint density at radius 3 is 2.62 bits per heavy atom. The van der Waals surface area contributed by atoms with Crippen molar-refractivity contribution in [1.82, 2.24) is 19.5 Å². The van der Waals surface area contributed by atoms with Crippen molar-refractivity contribution in [3.8, 4) is 11.4 Å².